The van der Waals surface area contributed by atoms with E-state index in [0.717, 1.165) is 17.1 Å². The van der Waals surface area contributed by atoms with Gasteiger partial charge in [-0.05, 0) is 141 Å². The molecule has 0 saturated carbocycles. The number of aryl methyl sites for hydroxylation is 2. The Kier molecular flexibility index (Phi) is 8.12. The van der Waals surface area contributed by atoms with Crippen molar-refractivity contribution in [3.63, 3.8) is 0 Å². The second-order valence-corrected chi connectivity index (χ2v) is 19.8. The van der Waals surface area contributed by atoms with Gasteiger partial charge in [0.05, 0.1) is 22.1 Å². The van der Waals surface area contributed by atoms with E-state index in [4.69, 9.17) is 0 Å². The maximum Gasteiger partial charge on any atom is 0.0746 e. The zero-order valence-corrected chi connectivity index (χ0v) is 38.7. The van der Waals surface area contributed by atoms with Crippen LogP contribution in [-0.2, 0) is 10.8 Å². The van der Waals surface area contributed by atoms with Gasteiger partial charge < -0.3 is 9.47 Å². The lowest BCUT2D eigenvalue weighted by Crippen LogP contribution is -2.28. The van der Waals surface area contributed by atoms with Crippen LogP contribution in [0, 0.1) is 13.8 Å². The van der Waals surface area contributed by atoms with E-state index in [-0.39, 0.29) is 5.41 Å². The molecule has 11 aromatic rings. The fourth-order valence-corrected chi connectivity index (χ4v) is 12.7. The van der Waals surface area contributed by atoms with Gasteiger partial charge in [0, 0.05) is 38.8 Å². The number of hydrogen-bond donors (Lipinski definition) is 0. The van der Waals surface area contributed by atoms with Gasteiger partial charge in [-0.3, -0.25) is 0 Å². The van der Waals surface area contributed by atoms with Crippen LogP contribution in [0.25, 0.3) is 72.0 Å². The molecule has 1 aromatic heterocycles. The zero-order chi connectivity index (χ0) is 45.5. The van der Waals surface area contributed by atoms with Gasteiger partial charge in [0.1, 0.15) is 0 Å². The molecule has 0 saturated heterocycles. The van der Waals surface area contributed by atoms with Crippen LogP contribution in [0.2, 0.25) is 0 Å². The van der Waals surface area contributed by atoms with Crippen molar-refractivity contribution < 1.29 is 0 Å². The lowest BCUT2D eigenvalue weighted by atomic mass is 9.69. The maximum atomic E-state index is 2.56. The highest BCUT2D eigenvalue weighted by molar-refractivity contribution is 6.09. The fourth-order valence-electron chi connectivity index (χ4n) is 12.7. The first-order chi connectivity index (χ1) is 33.3. The molecule has 0 bridgehead atoms. The number of benzene rings is 10. The molecule has 0 aliphatic heterocycles. The van der Waals surface area contributed by atoms with Crippen LogP contribution < -0.4 is 4.90 Å². The van der Waals surface area contributed by atoms with Crippen LogP contribution in [0.15, 0.2) is 218 Å². The molecule has 10 aromatic carbocycles. The van der Waals surface area contributed by atoms with Crippen molar-refractivity contribution in [1.82, 2.24) is 4.57 Å². The zero-order valence-electron chi connectivity index (χ0n) is 38.7. The van der Waals surface area contributed by atoms with E-state index in [0.29, 0.717) is 0 Å². The largest absolute Gasteiger partial charge is 0.310 e. The van der Waals surface area contributed by atoms with Crippen molar-refractivity contribution >= 4 is 38.9 Å². The van der Waals surface area contributed by atoms with Gasteiger partial charge in [-0.2, -0.15) is 0 Å². The highest BCUT2D eigenvalue weighted by Gasteiger charge is 2.53. The van der Waals surface area contributed by atoms with E-state index in [1.54, 1.807) is 0 Å². The SMILES string of the molecule is Cc1ccc2c(c1)C1(c3cc(C)ccc3-2)c2ccccc2-c2cccc(N(c3ccc(-c4ccc(-n5c6ccccc6c6ccccc65)cc4)cc3)c3ccc4c(c3)C(C)(C)c3ccccc3-4)c21. The summed E-state index contributed by atoms with van der Waals surface area (Å²) in [4.78, 5) is 2.56. The number of aromatic nitrogens is 1. The number of anilines is 3. The second-order valence-electron chi connectivity index (χ2n) is 19.8. The molecule has 0 radical (unpaired) electrons. The van der Waals surface area contributed by atoms with Gasteiger partial charge >= 0.3 is 0 Å². The van der Waals surface area contributed by atoms with Crippen LogP contribution in [0.1, 0.15) is 58.4 Å². The Morgan fingerprint density at radius 3 is 1.50 bits per heavy atom. The van der Waals surface area contributed by atoms with Crippen molar-refractivity contribution in [2.24, 2.45) is 0 Å². The quantitative estimate of drug-likeness (QED) is 0.167. The summed E-state index contributed by atoms with van der Waals surface area (Å²) in [7, 11) is 0. The smallest absolute Gasteiger partial charge is 0.0746 e. The minimum absolute atomic E-state index is 0.155. The average Bonchev–Trinajstić information content (AvgIpc) is 4.04. The van der Waals surface area contributed by atoms with Crippen LogP contribution in [0.3, 0.4) is 0 Å². The Morgan fingerprint density at radius 2 is 0.853 bits per heavy atom. The summed E-state index contributed by atoms with van der Waals surface area (Å²) in [6.07, 6.45) is 0. The van der Waals surface area contributed by atoms with Gasteiger partial charge in [-0.25, -0.2) is 0 Å². The monoisotopic (exact) mass is 868 g/mol. The lowest BCUT2D eigenvalue weighted by Gasteiger charge is -2.36. The van der Waals surface area contributed by atoms with Gasteiger partial charge in [0.15, 0.2) is 0 Å². The Hall–Kier alpha value is -8.20. The van der Waals surface area contributed by atoms with Crippen molar-refractivity contribution in [3.05, 3.63) is 263 Å². The molecule has 0 amide bonds. The van der Waals surface area contributed by atoms with E-state index >= 15 is 0 Å². The molecule has 3 aliphatic carbocycles. The first-order valence-corrected chi connectivity index (χ1v) is 24.0. The molecule has 1 heterocycles. The van der Waals surface area contributed by atoms with Gasteiger partial charge in [0.25, 0.3) is 0 Å². The molecule has 0 fully saturated rings. The highest BCUT2D eigenvalue weighted by atomic mass is 15.1. The molecule has 322 valence electrons. The molecule has 0 N–H and O–H groups in total. The summed E-state index contributed by atoms with van der Waals surface area (Å²) in [6.45, 7) is 9.25. The van der Waals surface area contributed by atoms with Crippen LogP contribution in [-0.4, -0.2) is 4.57 Å². The molecule has 0 unspecified atom stereocenters. The predicted molar refractivity (Wildman–Crippen MR) is 284 cm³/mol. The van der Waals surface area contributed by atoms with Crippen molar-refractivity contribution in [3.8, 4) is 50.2 Å². The summed E-state index contributed by atoms with van der Waals surface area (Å²) < 4.78 is 2.39. The third-order valence-corrected chi connectivity index (χ3v) is 15.7. The minimum atomic E-state index is -0.520. The topological polar surface area (TPSA) is 8.17 Å². The Labute approximate surface area is 398 Å². The van der Waals surface area contributed by atoms with E-state index < -0.39 is 5.41 Å². The number of nitrogens with zero attached hydrogens (tertiary/aromatic N) is 2. The van der Waals surface area contributed by atoms with Crippen LogP contribution >= 0.6 is 0 Å². The first-order valence-electron chi connectivity index (χ1n) is 24.0. The molecule has 68 heavy (non-hydrogen) atoms. The van der Waals surface area contributed by atoms with E-state index in [9.17, 15) is 0 Å². The standard InChI is InChI=1S/C66H48N2/c1-41-24-35-51-52-36-25-42(2)39-60(52)66(59(51)38-41)57-20-10-6-15-49(57)55-18-13-23-63(64(55)66)67(47-34-37-50-48-14-5-9-19-56(48)65(3,4)58(50)40-47)45-30-26-43(27-31-45)44-28-32-46(33-29-44)68-61-21-11-7-16-53(61)54-17-8-12-22-62(54)68/h5-40H,1-4H3. The summed E-state index contributed by atoms with van der Waals surface area (Å²) in [5.74, 6) is 0. The first kappa shape index (κ1) is 39.0. The number of hydrogen-bond acceptors (Lipinski definition) is 1. The molecule has 1 spiro atoms. The number of para-hydroxylation sites is 2. The Morgan fingerprint density at radius 1 is 0.368 bits per heavy atom. The lowest BCUT2D eigenvalue weighted by molar-refractivity contribution is 0.660. The molecule has 14 rings (SSSR count). The second kappa shape index (κ2) is 14.2. The summed E-state index contributed by atoms with van der Waals surface area (Å²) in [5, 5.41) is 2.54. The summed E-state index contributed by atoms with van der Waals surface area (Å²) >= 11 is 0. The van der Waals surface area contributed by atoms with Crippen LogP contribution in [0.4, 0.5) is 17.1 Å². The van der Waals surface area contributed by atoms with Crippen LogP contribution in [0.5, 0.6) is 0 Å². The van der Waals surface area contributed by atoms with Crippen molar-refractivity contribution in [2.45, 2.75) is 38.5 Å². The normalized spacial score (nSPS) is 14.1. The van der Waals surface area contributed by atoms with Gasteiger partial charge in [-0.15, -0.1) is 0 Å². The molecule has 2 nitrogen and oxygen atoms in total. The third-order valence-electron chi connectivity index (χ3n) is 15.7. The summed E-state index contributed by atoms with van der Waals surface area (Å²) in [5.41, 5.74) is 27.3. The Balaban J connectivity index is 0.967. The molecular weight excluding hydrogens is 821 g/mol. The highest BCUT2D eigenvalue weighted by Crippen LogP contribution is 2.66. The fraction of sp³-hybridized carbons (Fsp3) is 0.0909. The molecular formula is C66H48N2. The number of rotatable bonds is 5. The minimum Gasteiger partial charge on any atom is -0.310 e. The Bertz CT molecular complexity index is 3800. The van der Waals surface area contributed by atoms with Crippen molar-refractivity contribution in [2.75, 3.05) is 4.90 Å². The predicted octanol–water partition coefficient (Wildman–Crippen LogP) is 17.2. The third kappa shape index (κ3) is 5.23. The van der Waals surface area contributed by atoms with E-state index in [1.807, 2.05) is 0 Å². The van der Waals surface area contributed by atoms with Gasteiger partial charge in [0.2, 0.25) is 0 Å². The molecule has 0 atom stereocenters. The molecule has 3 aliphatic rings. The van der Waals surface area contributed by atoms with E-state index in [2.05, 4.69) is 256 Å². The average molecular weight is 869 g/mol. The molecule has 2 heteroatoms. The van der Waals surface area contributed by atoms with Crippen molar-refractivity contribution in [1.29, 1.82) is 0 Å². The maximum absolute atomic E-state index is 2.56. The van der Waals surface area contributed by atoms with E-state index in [1.165, 1.54) is 117 Å². The number of fused-ring (bicyclic) bond motifs is 16. The summed E-state index contributed by atoms with van der Waals surface area (Å²) in [6, 6.07) is 82.4. The van der Waals surface area contributed by atoms with Gasteiger partial charge in [-0.1, -0.05) is 189 Å².